The molecule has 3 saturated heterocycles. The molecule has 7 nitrogen and oxygen atoms in total. The van der Waals surface area contributed by atoms with Crippen molar-refractivity contribution in [2.24, 2.45) is 16.8 Å². The minimum absolute atomic E-state index is 0. The highest BCUT2D eigenvalue weighted by Crippen LogP contribution is 2.47. The van der Waals surface area contributed by atoms with Crippen LogP contribution < -0.4 is 10.0 Å². The van der Waals surface area contributed by atoms with E-state index in [1.807, 2.05) is 6.92 Å². The maximum atomic E-state index is 11.1. The van der Waals surface area contributed by atoms with Crippen molar-refractivity contribution < 1.29 is 13.2 Å². The molecular weight excluding hydrogens is 431 g/mol. The third-order valence-electron chi connectivity index (χ3n) is 4.82. The number of aliphatic imine (C=N–C) groups is 1. The molecule has 0 aromatic rings. The van der Waals surface area contributed by atoms with E-state index >= 15 is 0 Å². The van der Waals surface area contributed by atoms with Crippen LogP contribution in [0.2, 0.25) is 0 Å². The highest BCUT2D eigenvalue weighted by molar-refractivity contribution is 14.0. The van der Waals surface area contributed by atoms with Gasteiger partial charge in [0.25, 0.3) is 0 Å². The van der Waals surface area contributed by atoms with Gasteiger partial charge in [-0.15, -0.1) is 24.0 Å². The summed E-state index contributed by atoms with van der Waals surface area (Å²) in [7, 11) is -3.14. The third kappa shape index (κ3) is 4.49. The zero-order valence-corrected chi connectivity index (χ0v) is 16.8. The number of fused-ring (bicyclic) bond motifs is 5. The van der Waals surface area contributed by atoms with Gasteiger partial charge in [-0.3, -0.25) is 4.99 Å². The summed E-state index contributed by atoms with van der Waals surface area (Å²) in [4.78, 5) is 6.87. The molecule has 3 fully saturated rings. The lowest BCUT2D eigenvalue weighted by atomic mass is 9.82. The summed E-state index contributed by atoms with van der Waals surface area (Å²) in [6, 6.07) is 0. The molecule has 4 unspecified atom stereocenters. The first kappa shape index (κ1) is 19.2. The third-order valence-corrected chi connectivity index (χ3v) is 5.55. The van der Waals surface area contributed by atoms with Crippen LogP contribution in [0.1, 0.15) is 19.8 Å². The predicted octanol–water partition coefficient (Wildman–Crippen LogP) is 0.228. The molecule has 0 spiro atoms. The summed E-state index contributed by atoms with van der Waals surface area (Å²) in [5.74, 6) is 2.17. The second kappa shape index (κ2) is 7.83. The first-order chi connectivity index (χ1) is 10.5. The van der Waals surface area contributed by atoms with E-state index in [-0.39, 0.29) is 24.0 Å². The Bertz CT molecular complexity index is 524. The lowest BCUT2D eigenvalue weighted by molar-refractivity contribution is 0.0767. The molecule has 3 rings (SSSR count). The van der Waals surface area contributed by atoms with Crippen molar-refractivity contribution in [3.05, 3.63) is 0 Å². The van der Waals surface area contributed by atoms with Crippen LogP contribution in [0.15, 0.2) is 4.99 Å². The number of ether oxygens (including phenoxy) is 1. The lowest BCUT2D eigenvalue weighted by Gasteiger charge is -2.23. The van der Waals surface area contributed by atoms with Crippen LogP contribution in [0.25, 0.3) is 0 Å². The largest absolute Gasteiger partial charge is 0.374 e. The molecule has 3 aliphatic rings. The van der Waals surface area contributed by atoms with Crippen LogP contribution in [0, 0.1) is 11.8 Å². The molecular formula is C14H27IN4O3S. The maximum absolute atomic E-state index is 11.1. The quantitative estimate of drug-likeness (QED) is 0.267. The van der Waals surface area contributed by atoms with Gasteiger partial charge in [-0.05, 0) is 19.8 Å². The number of halogens is 1. The van der Waals surface area contributed by atoms with Crippen molar-refractivity contribution in [2.75, 3.05) is 39.0 Å². The highest BCUT2D eigenvalue weighted by atomic mass is 127. The van der Waals surface area contributed by atoms with Gasteiger partial charge in [0.1, 0.15) is 0 Å². The average molecular weight is 458 g/mol. The zero-order chi connectivity index (χ0) is 15.7. The molecule has 2 N–H and O–H groups in total. The summed E-state index contributed by atoms with van der Waals surface area (Å²) in [6.07, 6.45) is 4.45. The number of guanidine groups is 1. The van der Waals surface area contributed by atoms with E-state index < -0.39 is 10.0 Å². The van der Waals surface area contributed by atoms with E-state index in [1.54, 1.807) is 0 Å². The van der Waals surface area contributed by atoms with Gasteiger partial charge in [0, 0.05) is 38.0 Å². The van der Waals surface area contributed by atoms with Crippen LogP contribution in [-0.2, 0) is 14.8 Å². The summed E-state index contributed by atoms with van der Waals surface area (Å²) < 4.78 is 30.6. The van der Waals surface area contributed by atoms with Gasteiger partial charge >= 0.3 is 0 Å². The van der Waals surface area contributed by atoms with E-state index in [2.05, 4.69) is 19.9 Å². The molecule has 0 saturated carbocycles. The van der Waals surface area contributed by atoms with E-state index in [0.29, 0.717) is 37.1 Å². The van der Waals surface area contributed by atoms with Gasteiger partial charge in [0.05, 0.1) is 25.0 Å². The number of hydrogen-bond donors (Lipinski definition) is 2. The zero-order valence-electron chi connectivity index (χ0n) is 13.7. The van der Waals surface area contributed by atoms with Crippen LogP contribution in [-0.4, -0.2) is 70.5 Å². The first-order valence-corrected chi connectivity index (χ1v) is 10.0. The van der Waals surface area contributed by atoms with E-state index in [0.717, 1.165) is 25.6 Å². The molecule has 4 atom stereocenters. The van der Waals surface area contributed by atoms with Gasteiger partial charge in [-0.1, -0.05) is 0 Å². The van der Waals surface area contributed by atoms with Gasteiger partial charge in [-0.2, -0.15) is 0 Å². The smallest absolute Gasteiger partial charge is 0.208 e. The van der Waals surface area contributed by atoms with E-state index in [4.69, 9.17) is 4.74 Å². The maximum Gasteiger partial charge on any atom is 0.208 e. The Morgan fingerprint density at radius 2 is 1.87 bits per heavy atom. The molecule has 23 heavy (non-hydrogen) atoms. The Balaban J connectivity index is 0.00000192. The van der Waals surface area contributed by atoms with Gasteiger partial charge < -0.3 is 15.0 Å². The minimum atomic E-state index is -3.14. The molecule has 0 aromatic heterocycles. The number of hydrogen-bond acceptors (Lipinski definition) is 4. The number of nitrogens with zero attached hydrogens (tertiary/aromatic N) is 2. The number of sulfonamides is 1. The molecule has 134 valence electrons. The fourth-order valence-electron chi connectivity index (χ4n) is 3.95. The standard InChI is InChI=1S/C14H26N4O3S.HI/c1-3-15-14(16-6-7-17-22(2,19)20)18-8-10-11(9-18)13-5-4-12(10)21-13;/h10-13,17H,3-9H2,1-2H3,(H,15,16);1H. The second-order valence-corrected chi connectivity index (χ2v) is 8.26. The van der Waals surface area contributed by atoms with Crippen LogP contribution in [0.4, 0.5) is 0 Å². The first-order valence-electron chi connectivity index (χ1n) is 8.11. The number of nitrogens with one attached hydrogen (secondary N) is 2. The SMILES string of the molecule is CCNC(=NCCNS(C)(=O)=O)N1CC2C3CCC(O3)C2C1.I. The Kier molecular flexibility index (Phi) is 6.54. The Morgan fingerprint density at radius 1 is 1.26 bits per heavy atom. The summed E-state index contributed by atoms with van der Waals surface area (Å²) in [5, 5.41) is 3.32. The van der Waals surface area contributed by atoms with Gasteiger partial charge in [0.15, 0.2) is 5.96 Å². The topological polar surface area (TPSA) is 83.0 Å². The normalized spacial score (nSPS) is 32.8. The Hall–Kier alpha value is -0.130. The number of rotatable bonds is 5. The fraction of sp³-hybridized carbons (Fsp3) is 0.929. The molecule has 0 aromatic carbocycles. The molecule has 0 amide bonds. The second-order valence-electron chi connectivity index (χ2n) is 6.43. The number of likely N-dealkylation sites (tertiary alicyclic amines) is 1. The summed E-state index contributed by atoms with van der Waals surface area (Å²) in [6.45, 7) is 5.64. The van der Waals surface area contributed by atoms with Crippen molar-refractivity contribution in [3.63, 3.8) is 0 Å². The monoisotopic (exact) mass is 458 g/mol. The Morgan fingerprint density at radius 3 is 2.39 bits per heavy atom. The average Bonchev–Trinajstić information content (AvgIpc) is 3.11. The van der Waals surface area contributed by atoms with E-state index in [1.165, 1.54) is 19.1 Å². The lowest BCUT2D eigenvalue weighted by Crippen LogP contribution is -2.41. The highest BCUT2D eigenvalue weighted by Gasteiger charge is 2.53. The molecule has 9 heteroatoms. The van der Waals surface area contributed by atoms with Crippen molar-refractivity contribution in [1.82, 2.24) is 14.9 Å². The summed E-state index contributed by atoms with van der Waals surface area (Å²) >= 11 is 0. The molecule has 0 radical (unpaired) electrons. The summed E-state index contributed by atoms with van der Waals surface area (Å²) in [5.41, 5.74) is 0. The Labute approximate surface area is 155 Å². The van der Waals surface area contributed by atoms with Crippen LogP contribution in [0.5, 0.6) is 0 Å². The van der Waals surface area contributed by atoms with Crippen LogP contribution in [0.3, 0.4) is 0 Å². The molecule has 2 bridgehead atoms. The fourth-order valence-corrected chi connectivity index (χ4v) is 4.41. The van der Waals surface area contributed by atoms with Gasteiger partial charge in [0.2, 0.25) is 10.0 Å². The molecule has 0 aliphatic carbocycles. The van der Waals surface area contributed by atoms with Crippen molar-refractivity contribution >= 4 is 40.0 Å². The molecule has 3 aliphatic heterocycles. The van der Waals surface area contributed by atoms with E-state index in [9.17, 15) is 8.42 Å². The van der Waals surface area contributed by atoms with Gasteiger partial charge in [-0.25, -0.2) is 13.1 Å². The molecule has 3 heterocycles. The predicted molar refractivity (Wildman–Crippen MR) is 101 cm³/mol. The minimum Gasteiger partial charge on any atom is -0.374 e. The van der Waals surface area contributed by atoms with Crippen LogP contribution >= 0.6 is 24.0 Å². The van der Waals surface area contributed by atoms with Crippen molar-refractivity contribution in [3.8, 4) is 0 Å². The van der Waals surface area contributed by atoms with Crippen molar-refractivity contribution in [1.29, 1.82) is 0 Å². The van der Waals surface area contributed by atoms with Crippen molar-refractivity contribution in [2.45, 2.75) is 32.0 Å².